The molecule has 1 aromatic carbocycles. The third-order valence-electron chi connectivity index (χ3n) is 2.81. The number of hydrogen-bond acceptors (Lipinski definition) is 4. The van der Waals surface area contributed by atoms with Gasteiger partial charge < -0.3 is 9.84 Å². The van der Waals surface area contributed by atoms with Crippen LogP contribution in [0.1, 0.15) is 26.3 Å². The molecule has 0 fully saturated rings. The van der Waals surface area contributed by atoms with Crippen molar-refractivity contribution in [2.45, 2.75) is 39.0 Å². The number of carboxylic acid groups (broad SMARTS) is 1. The molecule has 6 heteroatoms. The van der Waals surface area contributed by atoms with Gasteiger partial charge in [0.15, 0.2) is 0 Å². The molecule has 0 heterocycles. The molecular formula is C16H23NO4S. The molecule has 0 bridgehead atoms. The van der Waals surface area contributed by atoms with Crippen molar-refractivity contribution in [2.75, 3.05) is 12.0 Å². The van der Waals surface area contributed by atoms with Crippen molar-refractivity contribution in [3.8, 4) is 0 Å². The lowest BCUT2D eigenvalue weighted by Crippen LogP contribution is -2.48. The summed E-state index contributed by atoms with van der Waals surface area (Å²) in [5.74, 6) is -0.724. The molecule has 5 nitrogen and oxygen atoms in total. The van der Waals surface area contributed by atoms with Crippen molar-refractivity contribution >= 4 is 23.8 Å². The smallest absolute Gasteiger partial charge is 0.411 e. The first-order valence-electron chi connectivity index (χ1n) is 7.00. The van der Waals surface area contributed by atoms with Crippen LogP contribution in [0.2, 0.25) is 0 Å². The van der Waals surface area contributed by atoms with Gasteiger partial charge in [-0.3, -0.25) is 4.90 Å². The van der Waals surface area contributed by atoms with Gasteiger partial charge in [0.25, 0.3) is 0 Å². The van der Waals surface area contributed by atoms with Gasteiger partial charge in [-0.25, -0.2) is 9.59 Å². The van der Waals surface area contributed by atoms with E-state index in [4.69, 9.17) is 4.74 Å². The zero-order valence-electron chi connectivity index (χ0n) is 13.4. The molecule has 0 saturated carbocycles. The maximum Gasteiger partial charge on any atom is 0.411 e. The van der Waals surface area contributed by atoms with E-state index in [1.54, 1.807) is 20.8 Å². The fourth-order valence-electron chi connectivity index (χ4n) is 1.86. The van der Waals surface area contributed by atoms with Crippen molar-refractivity contribution in [1.29, 1.82) is 0 Å². The molecular weight excluding hydrogens is 302 g/mol. The first-order chi connectivity index (χ1) is 10.2. The highest BCUT2D eigenvalue weighted by Gasteiger charge is 2.32. The van der Waals surface area contributed by atoms with Gasteiger partial charge in [0.1, 0.15) is 11.6 Å². The number of benzene rings is 1. The van der Waals surface area contributed by atoms with Gasteiger partial charge in [-0.05, 0) is 32.6 Å². The van der Waals surface area contributed by atoms with Gasteiger partial charge in [-0.15, -0.1) is 0 Å². The number of carboxylic acids is 1. The second-order valence-corrected chi connectivity index (χ2v) is 6.81. The normalized spacial score (nSPS) is 12.5. The largest absolute Gasteiger partial charge is 0.480 e. The first-order valence-corrected chi connectivity index (χ1v) is 8.39. The topological polar surface area (TPSA) is 66.8 Å². The Balaban J connectivity index is 3.02. The average Bonchev–Trinajstić information content (AvgIpc) is 2.41. The lowest BCUT2D eigenvalue weighted by Gasteiger charge is -2.31. The Morgan fingerprint density at radius 1 is 1.27 bits per heavy atom. The molecule has 0 spiro atoms. The molecule has 0 radical (unpaired) electrons. The lowest BCUT2D eigenvalue weighted by molar-refractivity contribution is -0.142. The number of carbonyl (C=O) groups is 2. The third-order valence-corrected chi connectivity index (χ3v) is 3.46. The Morgan fingerprint density at radius 2 is 1.86 bits per heavy atom. The van der Waals surface area contributed by atoms with Crippen LogP contribution in [-0.2, 0) is 16.1 Å². The van der Waals surface area contributed by atoms with Crippen LogP contribution in [0.25, 0.3) is 0 Å². The molecule has 0 aliphatic carbocycles. The quantitative estimate of drug-likeness (QED) is 0.869. The predicted molar refractivity (Wildman–Crippen MR) is 88.0 cm³/mol. The Morgan fingerprint density at radius 3 is 2.32 bits per heavy atom. The number of rotatable bonds is 6. The summed E-state index contributed by atoms with van der Waals surface area (Å²) in [5.41, 5.74) is 0.190. The monoisotopic (exact) mass is 325 g/mol. The van der Waals surface area contributed by atoms with Crippen molar-refractivity contribution in [3.05, 3.63) is 35.9 Å². The second kappa shape index (κ2) is 8.08. The molecule has 1 atom stereocenters. The number of hydrogen-bond donors (Lipinski definition) is 1. The minimum absolute atomic E-state index is 0.202. The number of nitrogens with zero attached hydrogens (tertiary/aromatic N) is 1. The fraction of sp³-hybridized carbons (Fsp3) is 0.500. The summed E-state index contributed by atoms with van der Waals surface area (Å²) in [6, 6.07) is 8.37. The van der Waals surface area contributed by atoms with Crippen LogP contribution in [-0.4, -0.2) is 45.7 Å². The van der Waals surface area contributed by atoms with Crippen molar-refractivity contribution in [1.82, 2.24) is 4.90 Å². The maximum absolute atomic E-state index is 12.4. The Labute approximate surface area is 135 Å². The van der Waals surface area contributed by atoms with Crippen molar-refractivity contribution < 1.29 is 19.4 Å². The van der Waals surface area contributed by atoms with Gasteiger partial charge in [0.2, 0.25) is 0 Å². The van der Waals surface area contributed by atoms with Gasteiger partial charge in [-0.2, -0.15) is 11.8 Å². The number of thioether (sulfide) groups is 1. The molecule has 22 heavy (non-hydrogen) atoms. The highest BCUT2D eigenvalue weighted by Crippen LogP contribution is 2.17. The van der Waals surface area contributed by atoms with Gasteiger partial charge >= 0.3 is 12.1 Å². The van der Waals surface area contributed by atoms with Gasteiger partial charge in [0, 0.05) is 12.3 Å². The molecule has 1 aromatic rings. The minimum Gasteiger partial charge on any atom is -0.480 e. The van der Waals surface area contributed by atoms with Crippen molar-refractivity contribution in [3.63, 3.8) is 0 Å². The zero-order valence-corrected chi connectivity index (χ0v) is 14.2. The van der Waals surface area contributed by atoms with Crippen LogP contribution < -0.4 is 0 Å². The molecule has 122 valence electrons. The summed E-state index contributed by atoms with van der Waals surface area (Å²) in [6.45, 7) is 5.48. The summed E-state index contributed by atoms with van der Waals surface area (Å²) in [7, 11) is 0. The van der Waals surface area contributed by atoms with E-state index in [0.717, 1.165) is 5.56 Å². The standard InChI is InChI=1S/C16H23NO4S/c1-16(2,3)21-15(20)17(13(11-22-4)14(18)19)10-12-8-6-5-7-9-12/h5-9,13H,10-11H2,1-4H3,(H,18,19)/t13-/m1/s1. The minimum atomic E-state index is -1.03. The molecule has 0 aliphatic heterocycles. The van der Waals surface area contributed by atoms with E-state index in [-0.39, 0.29) is 6.54 Å². The zero-order chi connectivity index (χ0) is 16.8. The Kier molecular flexibility index (Phi) is 6.74. The van der Waals surface area contributed by atoms with E-state index >= 15 is 0 Å². The molecule has 1 rings (SSSR count). The van der Waals surface area contributed by atoms with E-state index in [1.807, 2.05) is 36.6 Å². The number of amides is 1. The first kappa shape index (κ1) is 18.4. The van der Waals surface area contributed by atoms with Gasteiger partial charge in [0.05, 0.1) is 0 Å². The summed E-state index contributed by atoms with van der Waals surface area (Å²) < 4.78 is 5.36. The molecule has 0 saturated heterocycles. The van der Waals surface area contributed by atoms with Gasteiger partial charge in [-0.1, -0.05) is 30.3 Å². The van der Waals surface area contributed by atoms with Crippen LogP contribution in [0.15, 0.2) is 30.3 Å². The van der Waals surface area contributed by atoms with Crippen LogP contribution in [0, 0.1) is 0 Å². The fourth-order valence-corrected chi connectivity index (χ4v) is 2.49. The third kappa shape index (κ3) is 5.97. The summed E-state index contributed by atoms with van der Waals surface area (Å²) in [6.07, 6.45) is 1.20. The van der Waals surface area contributed by atoms with E-state index in [2.05, 4.69) is 0 Å². The highest BCUT2D eigenvalue weighted by molar-refractivity contribution is 7.98. The molecule has 0 aliphatic rings. The molecule has 1 N–H and O–H groups in total. The summed E-state index contributed by atoms with van der Waals surface area (Å²) in [4.78, 5) is 25.2. The van der Waals surface area contributed by atoms with E-state index in [0.29, 0.717) is 5.75 Å². The van der Waals surface area contributed by atoms with E-state index < -0.39 is 23.7 Å². The summed E-state index contributed by atoms with van der Waals surface area (Å²) in [5, 5.41) is 9.44. The molecule has 0 unspecified atom stereocenters. The maximum atomic E-state index is 12.4. The predicted octanol–water partition coefficient (Wildman–Crippen LogP) is 3.24. The average molecular weight is 325 g/mol. The number of ether oxygens (including phenoxy) is 1. The Bertz CT molecular complexity index is 499. The van der Waals surface area contributed by atoms with E-state index in [1.165, 1.54) is 16.7 Å². The lowest BCUT2D eigenvalue weighted by atomic mass is 10.2. The van der Waals surface area contributed by atoms with Crippen LogP contribution in [0.4, 0.5) is 4.79 Å². The van der Waals surface area contributed by atoms with Crippen LogP contribution in [0.3, 0.4) is 0 Å². The molecule has 1 amide bonds. The number of aliphatic carboxylic acids is 1. The second-order valence-electron chi connectivity index (χ2n) is 5.90. The van der Waals surface area contributed by atoms with E-state index in [9.17, 15) is 14.7 Å². The summed E-state index contributed by atoms with van der Waals surface area (Å²) >= 11 is 1.38. The molecule has 0 aromatic heterocycles. The Hall–Kier alpha value is -1.69. The SMILES string of the molecule is CSC[C@H](C(=O)O)N(Cc1ccccc1)C(=O)OC(C)(C)C. The highest BCUT2D eigenvalue weighted by atomic mass is 32.2. The van der Waals surface area contributed by atoms with Crippen molar-refractivity contribution in [2.24, 2.45) is 0 Å². The van der Waals surface area contributed by atoms with Crippen LogP contribution >= 0.6 is 11.8 Å². The number of carbonyl (C=O) groups excluding carboxylic acids is 1. The van der Waals surface area contributed by atoms with Crippen LogP contribution in [0.5, 0.6) is 0 Å².